The zero-order valence-corrected chi connectivity index (χ0v) is 11.5. The van der Waals surface area contributed by atoms with E-state index in [2.05, 4.69) is 5.32 Å². The highest BCUT2D eigenvalue weighted by atomic mass is 16.5. The van der Waals surface area contributed by atoms with Gasteiger partial charge in [0, 0.05) is 18.7 Å². The molecule has 1 atom stereocenters. The lowest BCUT2D eigenvalue weighted by atomic mass is 10.1. The number of anilines is 1. The lowest BCUT2D eigenvalue weighted by Crippen LogP contribution is -2.16. The fourth-order valence-corrected chi connectivity index (χ4v) is 2.31. The Labute approximate surface area is 117 Å². The lowest BCUT2D eigenvalue weighted by molar-refractivity contribution is -0.116. The smallest absolute Gasteiger partial charge is 0.335 e. The summed E-state index contributed by atoms with van der Waals surface area (Å²) in [5.41, 5.74) is 1.63. The van der Waals surface area contributed by atoms with Crippen LogP contribution < -0.4 is 5.32 Å². The molecule has 0 bridgehead atoms. The summed E-state index contributed by atoms with van der Waals surface area (Å²) in [4.78, 5) is 22.7. The van der Waals surface area contributed by atoms with Crippen molar-refractivity contribution < 1.29 is 19.4 Å². The fraction of sp³-hybridized carbons (Fsp3) is 0.467. The first-order valence-electron chi connectivity index (χ1n) is 6.81. The van der Waals surface area contributed by atoms with Gasteiger partial charge in [-0.15, -0.1) is 0 Å². The molecule has 1 aromatic carbocycles. The number of hydrogen-bond donors (Lipinski definition) is 2. The number of rotatable bonds is 5. The van der Waals surface area contributed by atoms with E-state index in [1.54, 1.807) is 19.1 Å². The molecule has 0 saturated carbocycles. The third-order valence-electron chi connectivity index (χ3n) is 3.46. The van der Waals surface area contributed by atoms with Crippen LogP contribution in [0, 0.1) is 6.92 Å². The normalized spacial score (nSPS) is 17.9. The van der Waals surface area contributed by atoms with Crippen molar-refractivity contribution in [3.05, 3.63) is 29.3 Å². The molecular formula is C15H19NO4. The number of carboxylic acids is 1. The van der Waals surface area contributed by atoms with Crippen LogP contribution in [0.2, 0.25) is 0 Å². The van der Waals surface area contributed by atoms with E-state index in [1.807, 2.05) is 0 Å². The van der Waals surface area contributed by atoms with Gasteiger partial charge in [-0.3, -0.25) is 4.79 Å². The second-order valence-corrected chi connectivity index (χ2v) is 5.06. The Morgan fingerprint density at radius 2 is 2.25 bits per heavy atom. The van der Waals surface area contributed by atoms with Crippen LogP contribution in [0.15, 0.2) is 18.2 Å². The third kappa shape index (κ3) is 3.81. The molecule has 1 heterocycles. The summed E-state index contributed by atoms with van der Waals surface area (Å²) in [5, 5.41) is 11.7. The van der Waals surface area contributed by atoms with Gasteiger partial charge >= 0.3 is 5.97 Å². The number of amides is 1. The Morgan fingerprint density at radius 1 is 1.45 bits per heavy atom. The molecule has 5 nitrogen and oxygen atoms in total. The Bertz CT molecular complexity index is 507. The molecule has 1 fully saturated rings. The molecule has 1 aliphatic rings. The molecule has 1 amide bonds. The maximum absolute atomic E-state index is 11.9. The second kappa shape index (κ2) is 6.52. The van der Waals surface area contributed by atoms with E-state index in [9.17, 15) is 9.59 Å². The van der Waals surface area contributed by atoms with Crippen LogP contribution >= 0.6 is 0 Å². The number of ether oxygens (including phenoxy) is 1. The first-order valence-corrected chi connectivity index (χ1v) is 6.81. The summed E-state index contributed by atoms with van der Waals surface area (Å²) < 4.78 is 5.47. The largest absolute Gasteiger partial charge is 0.478 e. The number of benzene rings is 1. The van der Waals surface area contributed by atoms with Gasteiger partial charge in [0.05, 0.1) is 11.7 Å². The Kier molecular flexibility index (Phi) is 4.74. The van der Waals surface area contributed by atoms with E-state index >= 15 is 0 Å². The molecule has 0 aromatic heterocycles. The minimum absolute atomic E-state index is 0.0633. The SMILES string of the molecule is Cc1cc(C(=O)O)ccc1NC(=O)CCC1CCCO1. The average Bonchev–Trinajstić information content (AvgIpc) is 2.91. The lowest BCUT2D eigenvalue weighted by Gasteiger charge is -2.11. The first kappa shape index (κ1) is 14.5. The van der Waals surface area contributed by atoms with Crippen molar-refractivity contribution in [2.45, 2.75) is 38.7 Å². The predicted molar refractivity (Wildman–Crippen MR) is 75.0 cm³/mol. The van der Waals surface area contributed by atoms with Crippen LogP contribution in [-0.2, 0) is 9.53 Å². The van der Waals surface area contributed by atoms with Gasteiger partial charge < -0.3 is 15.2 Å². The van der Waals surface area contributed by atoms with Gasteiger partial charge in [0.25, 0.3) is 0 Å². The average molecular weight is 277 g/mol. The molecule has 1 unspecified atom stereocenters. The number of carbonyl (C=O) groups excluding carboxylic acids is 1. The van der Waals surface area contributed by atoms with Gasteiger partial charge in [0.15, 0.2) is 0 Å². The van der Waals surface area contributed by atoms with Crippen molar-refractivity contribution in [1.82, 2.24) is 0 Å². The van der Waals surface area contributed by atoms with Crippen molar-refractivity contribution in [3.63, 3.8) is 0 Å². The number of carbonyl (C=O) groups is 2. The zero-order valence-electron chi connectivity index (χ0n) is 11.5. The number of nitrogens with one attached hydrogen (secondary N) is 1. The molecule has 2 rings (SSSR count). The molecule has 1 saturated heterocycles. The summed E-state index contributed by atoms with van der Waals surface area (Å²) >= 11 is 0. The van der Waals surface area contributed by atoms with Crippen molar-refractivity contribution in [1.29, 1.82) is 0 Å². The van der Waals surface area contributed by atoms with Crippen LogP contribution in [0.4, 0.5) is 5.69 Å². The van der Waals surface area contributed by atoms with E-state index in [4.69, 9.17) is 9.84 Å². The summed E-state index contributed by atoms with van der Waals surface area (Å²) in [6, 6.07) is 4.67. The number of aryl methyl sites for hydroxylation is 1. The highest BCUT2D eigenvalue weighted by Crippen LogP contribution is 2.19. The van der Waals surface area contributed by atoms with Crippen LogP contribution in [-0.4, -0.2) is 29.7 Å². The second-order valence-electron chi connectivity index (χ2n) is 5.06. The minimum atomic E-state index is -0.968. The van der Waals surface area contributed by atoms with E-state index in [0.717, 1.165) is 31.4 Å². The molecule has 5 heteroatoms. The predicted octanol–water partition coefficient (Wildman–Crippen LogP) is 2.59. The highest BCUT2D eigenvalue weighted by Gasteiger charge is 2.17. The van der Waals surface area contributed by atoms with Gasteiger partial charge in [-0.1, -0.05) is 0 Å². The van der Waals surface area contributed by atoms with Gasteiger partial charge in [-0.05, 0) is 49.9 Å². The minimum Gasteiger partial charge on any atom is -0.478 e. The van der Waals surface area contributed by atoms with Gasteiger partial charge in [-0.2, -0.15) is 0 Å². The Morgan fingerprint density at radius 3 is 2.85 bits per heavy atom. The zero-order chi connectivity index (χ0) is 14.5. The number of carboxylic acid groups (broad SMARTS) is 1. The Hall–Kier alpha value is -1.88. The molecule has 0 radical (unpaired) electrons. The summed E-state index contributed by atoms with van der Waals surface area (Å²) in [7, 11) is 0. The van der Waals surface area contributed by atoms with Crippen molar-refractivity contribution in [2.24, 2.45) is 0 Å². The van der Waals surface area contributed by atoms with Gasteiger partial charge in [-0.25, -0.2) is 4.79 Å². The highest BCUT2D eigenvalue weighted by molar-refractivity contribution is 5.93. The molecule has 20 heavy (non-hydrogen) atoms. The molecule has 2 N–H and O–H groups in total. The first-order chi connectivity index (χ1) is 9.56. The molecule has 0 aliphatic carbocycles. The fourth-order valence-electron chi connectivity index (χ4n) is 2.31. The Balaban J connectivity index is 1.88. The van der Waals surface area contributed by atoms with E-state index < -0.39 is 5.97 Å². The van der Waals surface area contributed by atoms with Crippen molar-refractivity contribution >= 4 is 17.6 Å². The molecule has 0 spiro atoms. The van der Waals surface area contributed by atoms with Crippen LogP contribution in [0.25, 0.3) is 0 Å². The van der Waals surface area contributed by atoms with Crippen LogP contribution in [0.3, 0.4) is 0 Å². The molecule has 108 valence electrons. The van der Waals surface area contributed by atoms with Crippen molar-refractivity contribution in [2.75, 3.05) is 11.9 Å². The van der Waals surface area contributed by atoms with Crippen LogP contribution in [0.1, 0.15) is 41.6 Å². The van der Waals surface area contributed by atoms with Gasteiger partial charge in [0.1, 0.15) is 0 Å². The molecular weight excluding hydrogens is 258 g/mol. The van der Waals surface area contributed by atoms with Gasteiger partial charge in [0.2, 0.25) is 5.91 Å². The topological polar surface area (TPSA) is 75.6 Å². The number of aromatic carboxylic acids is 1. The summed E-state index contributed by atoms with van der Waals surface area (Å²) in [6.45, 7) is 2.57. The monoisotopic (exact) mass is 277 g/mol. The van der Waals surface area contributed by atoms with E-state index in [-0.39, 0.29) is 17.6 Å². The maximum atomic E-state index is 11.9. The van der Waals surface area contributed by atoms with Crippen molar-refractivity contribution in [3.8, 4) is 0 Å². The molecule has 1 aromatic rings. The summed E-state index contributed by atoms with van der Waals surface area (Å²) in [6.07, 6.45) is 3.46. The van der Waals surface area contributed by atoms with Crippen LogP contribution in [0.5, 0.6) is 0 Å². The summed E-state index contributed by atoms with van der Waals surface area (Å²) in [5.74, 6) is -1.03. The molecule has 1 aliphatic heterocycles. The maximum Gasteiger partial charge on any atom is 0.335 e. The standard InChI is InChI=1S/C15H19NO4/c1-10-9-11(15(18)19)4-6-13(10)16-14(17)7-5-12-3-2-8-20-12/h4,6,9,12H,2-3,5,7-8H2,1H3,(H,16,17)(H,18,19). The van der Waals surface area contributed by atoms with E-state index in [0.29, 0.717) is 12.1 Å². The third-order valence-corrected chi connectivity index (χ3v) is 3.46. The number of hydrogen-bond acceptors (Lipinski definition) is 3. The quantitative estimate of drug-likeness (QED) is 0.867. The van der Waals surface area contributed by atoms with E-state index in [1.165, 1.54) is 6.07 Å².